The van der Waals surface area contributed by atoms with Gasteiger partial charge in [0.15, 0.2) is 0 Å². The number of aromatic nitrogens is 1. The van der Waals surface area contributed by atoms with Crippen LogP contribution >= 0.6 is 0 Å². The number of hydrogen-bond donors (Lipinski definition) is 3. The highest BCUT2D eigenvalue weighted by Crippen LogP contribution is 2.25. The third-order valence-electron chi connectivity index (χ3n) is 2.30. The van der Waals surface area contributed by atoms with Gasteiger partial charge in [0.05, 0.1) is 11.1 Å². The summed E-state index contributed by atoms with van der Waals surface area (Å²) in [4.78, 5) is 22.0. The summed E-state index contributed by atoms with van der Waals surface area (Å²) in [5.74, 6) is 4.63. The van der Waals surface area contributed by atoms with Crippen molar-refractivity contribution in [3.05, 3.63) is 46.3 Å². The van der Waals surface area contributed by atoms with Gasteiger partial charge in [-0.2, -0.15) is 0 Å². The molecule has 0 radical (unpaired) electrons. The Labute approximate surface area is 106 Å². The molecule has 2 rings (SSSR count). The molecule has 0 saturated heterocycles. The van der Waals surface area contributed by atoms with E-state index >= 15 is 0 Å². The van der Waals surface area contributed by atoms with E-state index < -0.39 is 10.8 Å². The topological polar surface area (TPSA) is 136 Å². The van der Waals surface area contributed by atoms with Crippen molar-refractivity contribution in [2.75, 3.05) is 10.7 Å². The number of hydrazine groups is 1. The molecule has 0 aliphatic carbocycles. The zero-order valence-electron chi connectivity index (χ0n) is 9.49. The molecule has 98 valence electrons. The normalized spacial score (nSPS) is 9.95. The van der Waals surface area contributed by atoms with E-state index in [9.17, 15) is 14.9 Å². The number of hydrogen-bond acceptors (Lipinski definition) is 7. The van der Waals surface area contributed by atoms with E-state index in [0.717, 1.165) is 6.07 Å². The van der Waals surface area contributed by atoms with Crippen LogP contribution in [0.4, 0.5) is 17.1 Å². The van der Waals surface area contributed by atoms with Crippen LogP contribution in [0.5, 0.6) is 0 Å². The predicted octanol–water partition coefficient (Wildman–Crippen LogP) is 1.12. The third-order valence-corrected chi connectivity index (χ3v) is 2.30. The summed E-state index contributed by atoms with van der Waals surface area (Å²) < 4.78 is 4.55. The second kappa shape index (κ2) is 5.14. The van der Waals surface area contributed by atoms with Gasteiger partial charge < -0.3 is 15.3 Å². The lowest BCUT2D eigenvalue weighted by atomic mass is 10.1. The summed E-state index contributed by atoms with van der Waals surface area (Å²) in [5, 5.41) is 16.7. The highest BCUT2D eigenvalue weighted by atomic mass is 16.6. The van der Waals surface area contributed by atoms with E-state index in [2.05, 4.69) is 20.4 Å². The van der Waals surface area contributed by atoms with E-state index in [1.807, 2.05) is 0 Å². The first-order valence-electron chi connectivity index (χ1n) is 5.07. The molecule has 0 aliphatic heterocycles. The lowest BCUT2D eigenvalue weighted by molar-refractivity contribution is -0.384. The summed E-state index contributed by atoms with van der Waals surface area (Å²) in [6.07, 6.45) is 2.55. The van der Waals surface area contributed by atoms with Crippen molar-refractivity contribution in [1.82, 2.24) is 5.16 Å². The average Bonchev–Trinajstić information content (AvgIpc) is 2.90. The highest BCUT2D eigenvalue weighted by Gasteiger charge is 2.17. The molecule has 0 unspecified atom stereocenters. The molecule has 1 amide bonds. The number of nitro benzene ring substituents is 1. The monoisotopic (exact) mass is 263 g/mol. The van der Waals surface area contributed by atoms with Crippen LogP contribution < -0.4 is 16.6 Å². The molecule has 4 N–H and O–H groups in total. The number of benzene rings is 1. The molecule has 0 atom stereocenters. The maximum atomic E-state index is 11.8. The Morgan fingerprint density at radius 3 is 2.84 bits per heavy atom. The molecule has 1 aromatic heterocycles. The largest absolute Gasteiger partial charge is 0.363 e. The smallest absolute Gasteiger partial charge is 0.294 e. The fourth-order valence-electron chi connectivity index (χ4n) is 1.42. The second-order valence-electron chi connectivity index (χ2n) is 3.50. The van der Waals surface area contributed by atoms with E-state index in [0.29, 0.717) is 5.69 Å². The van der Waals surface area contributed by atoms with Gasteiger partial charge >= 0.3 is 0 Å². The fourth-order valence-corrected chi connectivity index (χ4v) is 1.42. The molecule has 0 fully saturated rings. The number of nitrogens with two attached hydrogens (primary N) is 1. The summed E-state index contributed by atoms with van der Waals surface area (Å²) in [7, 11) is 0. The molecule has 0 saturated carbocycles. The standard InChI is InChI=1S/C10H9N5O4/c11-14-8-2-1-6(3-9(8)15(17)18)10(16)13-7-4-12-19-5-7/h1-5,14H,11H2,(H,13,16). The lowest BCUT2D eigenvalue weighted by Gasteiger charge is -2.05. The van der Waals surface area contributed by atoms with Gasteiger partial charge in [0.1, 0.15) is 17.6 Å². The molecule has 9 nitrogen and oxygen atoms in total. The molecule has 0 spiro atoms. The van der Waals surface area contributed by atoms with Gasteiger partial charge in [0.2, 0.25) is 0 Å². The Hall–Kier alpha value is -2.94. The van der Waals surface area contributed by atoms with Crippen molar-refractivity contribution in [3.8, 4) is 0 Å². The zero-order valence-corrected chi connectivity index (χ0v) is 9.49. The van der Waals surface area contributed by atoms with Crippen molar-refractivity contribution in [3.63, 3.8) is 0 Å². The van der Waals surface area contributed by atoms with E-state index in [-0.39, 0.29) is 16.9 Å². The number of anilines is 2. The van der Waals surface area contributed by atoms with Crippen LogP contribution in [0.1, 0.15) is 10.4 Å². The van der Waals surface area contributed by atoms with Gasteiger partial charge in [-0.15, -0.1) is 0 Å². The highest BCUT2D eigenvalue weighted by molar-refractivity contribution is 6.04. The molecule has 2 aromatic rings. The number of nitrogens with one attached hydrogen (secondary N) is 2. The first-order chi connectivity index (χ1) is 9.11. The van der Waals surface area contributed by atoms with Crippen LogP contribution in [-0.2, 0) is 0 Å². The Morgan fingerprint density at radius 1 is 1.47 bits per heavy atom. The van der Waals surface area contributed by atoms with Gasteiger partial charge in [0, 0.05) is 11.6 Å². The Balaban J connectivity index is 2.27. The number of rotatable bonds is 4. The average molecular weight is 263 g/mol. The quantitative estimate of drug-likeness (QED) is 0.427. The SMILES string of the molecule is NNc1ccc(C(=O)Nc2cnoc2)cc1[N+](=O)[O-]. The lowest BCUT2D eigenvalue weighted by Crippen LogP contribution is -2.13. The fraction of sp³-hybridized carbons (Fsp3) is 0. The van der Waals surface area contributed by atoms with Crippen molar-refractivity contribution in [1.29, 1.82) is 0 Å². The first-order valence-corrected chi connectivity index (χ1v) is 5.07. The van der Waals surface area contributed by atoms with Gasteiger partial charge in [-0.1, -0.05) is 5.16 Å². The summed E-state index contributed by atoms with van der Waals surface area (Å²) in [5.41, 5.74) is 2.49. The van der Waals surface area contributed by atoms with Gasteiger partial charge in [-0.3, -0.25) is 20.8 Å². The van der Waals surface area contributed by atoms with Crippen LogP contribution in [-0.4, -0.2) is 16.0 Å². The summed E-state index contributed by atoms with van der Waals surface area (Å²) in [6, 6.07) is 3.88. The molecular weight excluding hydrogens is 254 g/mol. The van der Waals surface area contributed by atoms with Gasteiger partial charge in [0.25, 0.3) is 11.6 Å². The van der Waals surface area contributed by atoms with Gasteiger partial charge in [-0.25, -0.2) is 0 Å². The number of nitro groups is 1. The van der Waals surface area contributed by atoms with Crippen LogP contribution in [0.3, 0.4) is 0 Å². The number of carbonyl (C=O) groups excluding carboxylic acids is 1. The Kier molecular flexibility index (Phi) is 3.39. The maximum absolute atomic E-state index is 11.8. The first kappa shape index (κ1) is 12.5. The van der Waals surface area contributed by atoms with Crippen LogP contribution in [0.15, 0.2) is 35.2 Å². The molecule has 1 heterocycles. The van der Waals surface area contributed by atoms with Crippen LogP contribution in [0.25, 0.3) is 0 Å². The molecular formula is C10H9N5O4. The molecule has 0 bridgehead atoms. The molecule has 1 aromatic carbocycles. The maximum Gasteiger partial charge on any atom is 0.294 e. The predicted molar refractivity (Wildman–Crippen MR) is 65.4 cm³/mol. The summed E-state index contributed by atoms with van der Waals surface area (Å²) >= 11 is 0. The zero-order chi connectivity index (χ0) is 13.8. The summed E-state index contributed by atoms with van der Waals surface area (Å²) in [6.45, 7) is 0. The molecule has 0 aliphatic rings. The van der Waals surface area contributed by atoms with Crippen molar-refractivity contribution in [2.45, 2.75) is 0 Å². The minimum absolute atomic E-state index is 0.117. The Morgan fingerprint density at radius 2 is 2.26 bits per heavy atom. The minimum Gasteiger partial charge on any atom is -0.363 e. The number of nitrogens with zero attached hydrogens (tertiary/aromatic N) is 2. The van der Waals surface area contributed by atoms with Crippen molar-refractivity contribution < 1.29 is 14.2 Å². The number of amides is 1. The van der Waals surface area contributed by atoms with E-state index in [4.69, 9.17) is 5.84 Å². The van der Waals surface area contributed by atoms with Crippen LogP contribution in [0, 0.1) is 10.1 Å². The van der Waals surface area contributed by atoms with E-state index in [1.54, 1.807) is 0 Å². The third kappa shape index (κ3) is 2.66. The number of carbonyl (C=O) groups is 1. The van der Waals surface area contributed by atoms with E-state index in [1.165, 1.54) is 24.6 Å². The van der Waals surface area contributed by atoms with Gasteiger partial charge in [-0.05, 0) is 12.1 Å². The molecule has 19 heavy (non-hydrogen) atoms. The number of nitrogen functional groups attached to an aromatic ring is 1. The van der Waals surface area contributed by atoms with Crippen molar-refractivity contribution >= 4 is 23.0 Å². The Bertz CT molecular complexity index is 610. The molecule has 9 heteroatoms. The minimum atomic E-state index is -0.634. The second-order valence-corrected chi connectivity index (χ2v) is 3.50. The van der Waals surface area contributed by atoms with Crippen molar-refractivity contribution in [2.24, 2.45) is 5.84 Å². The van der Waals surface area contributed by atoms with Crippen LogP contribution in [0.2, 0.25) is 0 Å².